The molecule has 0 amide bonds. The normalized spacial score (nSPS) is 19.2. The number of aromatic nitrogens is 2. The maximum Gasteiger partial charge on any atom is 0.256 e. The van der Waals surface area contributed by atoms with Gasteiger partial charge >= 0.3 is 0 Å². The lowest BCUT2D eigenvalue weighted by Gasteiger charge is -2.27. The first-order chi connectivity index (χ1) is 13.7. The van der Waals surface area contributed by atoms with E-state index in [-0.39, 0.29) is 24.8 Å². The Morgan fingerprint density at radius 1 is 1.41 bits per heavy atom. The van der Waals surface area contributed by atoms with E-state index in [0.29, 0.717) is 47.6 Å². The second-order valence-electron chi connectivity index (χ2n) is 7.25. The molecule has 9 nitrogen and oxygen atoms in total. The molecule has 1 aromatic carbocycles. The molecule has 0 aliphatic carbocycles. The van der Waals surface area contributed by atoms with Crippen LogP contribution in [0.4, 0.5) is 15.9 Å². The van der Waals surface area contributed by atoms with E-state index in [1.54, 1.807) is 0 Å². The summed E-state index contributed by atoms with van der Waals surface area (Å²) in [6.07, 6.45) is 1.96. The monoisotopic (exact) mass is 423 g/mol. The van der Waals surface area contributed by atoms with Crippen LogP contribution < -0.4 is 15.8 Å². The van der Waals surface area contributed by atoms with E-state index >= 15 is 0 Å². The van der Waals surface area contributed by atoms with Crippen LogP contribution in [-0.2, 0) is 23.0 Å². The average Bonchev–Trinajstić information content (AvgIpc) is 3.01. The van der Waals surface area contributed by atoms with Crippen molar-refractivity contribution in [3.8, 4) is 5.75 Å². The average molecular weight is 423 g/mol. The SMILES string of the molecule is COc1cc(F)cc2c1NCCC2C(=O)n1nc2c(c1N)CCN(S(C)(=O)=O)C2. The van der Waals surface area contributed by atoms with Gasteiger partial charge in [-0.1, -0.05) is 0 Å². The maximum absolute atomic E-state index is 14.1. The number of anilines is 2. The smallest absolute Gasteiger partial charge is 0.256 e. The Balaban J connectivity index is 1.71. The van der Waals surface area contributed by atoms with Crippen LogP contribution >= 0.6 is 0 Å². The van der Waals surface area contributed by atoms with Crippen molar-refractivity contribution in [2.75, 3.05) is 37.5 Å². The number of nitrogen functional groups attached to an aromatic ring is 1. The van der Waals surface area contributed by atoms with E-state index in [2.05, 4.69) is 10.4 Å². The summed E-state index contributed by atoms with van der Waals surface area (Å²) in [6, 6.07) is 2.58. The van der Waals surface area contributed by atoms with Crippen molar-refractivity contribution in [1.82, 2.24) is 14.1 Å². The number of nitrogens with zero attached hydrogens (tertiary/aromatic N) is 3. The first-order valence-corrected chi connectivity index (χ1v) is 11.0. The number of sulfonamides is 1. The molecule has 156 valence electrons. The lowest BCUT2D eigenvalue weighted by molar-refractivity contribution is 0.0859. The molecule has 2 aliphatic rings. The Morgan fingerprint density at radius 3 is 2.86 bits per heavy atom. The van der Waals surface area contributed by atoms with Gasteiger partial charge in [-0.15, -0.1) is 0 Å². The van der Waals surface area contributed by atoms with Crippen LogP contribution in [0.25, 0.3) is 0 Å². The van der Waals surface area contributed by atoms with Gasteiger partial charge in [-0.05, 0) is 24.5 Å². The summed E-state index contributed by atoms with van der Waals surface area (Å²) in [6.45, 7) is 0.868. The largest absolute Gasteiger partial charge is 0.494 e. The minimum absolute atomic E-state index is 0.0733. The van der Waals surface area contributed by atoms with Crippen molar-refractivity contribution >= 4 is 27.4 Å². The number of benzene rings is 1. The fourth-order valence-electron chi connectivity index (χ4n) is 3.97. The van der Waals surface area contributed by atoms with Gasteiger partial charge in [0.15, 0.2) is 0 Å². The Bertz CT molecular complexity index is 1100. The van der Waals surface area contributed by atoms with Crippen molar-refractivity contribution in [3.63, 3.8) is 0 Å². The zero-order valence-corrected chi connectivity index (χ0v) is 16.9. The van der Waals surface area contributed by atoms with Gasteiger partial charge in [-0.2, -0.15) is 14.1 Å². The molecule has 3 N–H and O–H groups in total. The minimum atomic E-state index is -3.37. The fraction of sp³-hybridized carbons (Fsp3) is 0.444. The highest BCUT2D eigenvalue weighted by molar-refractivity contribution is 7.88. The summed E-state index contributed by atoms with van der Waals surface area (Å²) < 4.78 is 45.4. The number of hydrogen-bond acceptors (Lipinski definition) is 7. The third-order valence-electron chi connectivity index (χ3n) is 5.45. The molecule has 0 spiro atoms. The summed E-state index contributed by atoms with van der Waals surface area (Å²) in [4.78, 5) is 13.3. The first kappa shape index (κ1) is 19.6. The van der Waals surface area contributed by atoms with Gasteiger partial charge in [0.05, 0.1) is 37.2 Å². The van der Waals surface area contributed by atoms with Gasteiger partial charge in [-0.25, -0.2) is 12.8 Å². The molecule has 0 fully saturated rings. The number of nitrogens with one attached hydrogen (secondary N) is 1. The lowest BCUT2D eigenvalue weighted by atomic mass is 9.89. The molecule has 1 aromatic heterocycles. The van der Waals surface area contributed by atoms with Gasteiger partial charge < -0.3 is 15.8 Å². The number of rotatable bonds is 3. The molecule has 29 heavy (non-hydrogen) atoms. The van der Waals surface area contributed by atoms with E-state index < -0.39 is 21.8 Å². The second-order valence-corrected chi connectivity index (χ2v) is 9.23. The third kappa shape index (κ3) is 3.33. The van der Waals surface area contributed by atoms with Crippen molar-refractivity contribution in [3.05, 3.63) is 34.8 Å². The molecule has 11 heteroatoms. The zero-order chi connectivity index (χ0) is 20.9. The van der Waals surface area contributed by atoms with E-state index in [0.717, 1.165) is 10.9 Å². The molecule has 2 aromatic rings. The second kappa shape index (κ2) is 6.99. The number of carbonyl (C=O) groups is 1. The van der Waals surface area contributed by atoms with Gasteiger partial charge in [0.25, 0.3) is 5.91 Å². The van der Waals surface area contributed by atoms with Gasteiger partial charge in [0, 0.05) is 24.7 Å². The summed E-state index contributed by atoms with van der Waals surface area (Å²) in [5.41, 5.74) is 8.42. The Hall–Kier alpha value is -2.66. The molecule has 0 saturated heterocycles. The zero-order valence-electron chi connectivity index (χ0n) is 16.1. The maximum atomic E-state index is 14.1. The van der Waals surface area contributed by atoms with Crippen LogP contribution in [0.1, 0.15) is 34.0 Å². The van der Waals surface area contributed by atoms with Crippen LogP contribution in [0.3, 0.4) is 0 Å². The van der Waals surface area contributed by atoms with Crippen LogP contribution in [0.5, 0.6) is 5.75 Å². The highest BCUT2D eigenvalue weighted by Gasteiger charge is 2.34. The number of carbonyl (C=O) groups excluding carboxylic acids is 1. The van der Waals surface area contributed by atoms with E-state index in [4.69, 9.17) is 10.5 Å². The predicted octanol–water partition coefficient (Wildman–Crippen LogP) is 1.17. The van der Waals surface area contributed by atoms with Crippen molar-refractivity contribution in [2.24, 2.45) is 0 Å². The minimum Gasteiger partial charge on any atom is -0.494 e. The molecule has 3 heterocycles. The highest BCUT2D eigenvalue weighted by Crippen LogP contribution is 2.40. The molecule has 1 atom stereocenters. The molecule has 2 aliphatic heterocycles. The summed E-state index contributed by atoms with van der Waals surface area (Å²) in [7, 11) is -1.93. The summed E-state index contributed by atoms with van der Waals surface area (Å²) in [5, 5.41) is 7.47. The first-order valence-electron chi connectivity index (χ1n) is 9.17. The third-order valence-corrected chi connectivity index (χ3v) is 6.70. The lowest BCUT2D eigenvalue weighted by Crippen LogP contribution is -2.35. The number of hydrogen-bond donors (Lipinski definition) is 2. The highest BCUT2D eigenvalue weighted by atomic mass is 32.2. The predicted molar refractivity (Wildman–Crippen MR) is 105 cm³/mol. The Kier molecular flexibility index (Phi) is 4.74. The van der Waals surface area contributed by atoms with E-state index in [1.165, 1.54) is 23.5 Å². The molecule has 0 bridgehead atoms. The van der Waals surface area contributed by atoms with Gasteiger partial charge in [0.2, 0.25) is 10.0 Å². The Labute approximate surface area is 167 Å². The van der Waals surface area contributed by atoms with Crippen molar-refractivity contribution < 1.29 is 22.3 Å². The van der Waals surface area contributed by atoms with E-state index in [9.17, 15) is 17.6 Å². The number of halogens is 1. The summed E-state index contributed by atoms with van der Waals surface area (Å²) >= 11 is 0. The summed E-state index contributed by atoms with van der Waals surface area (Å²) in [5.74, 6) is -0.988. The standard InChI is InChI=1S/C18H22FN5O4S/c1-28-15-8-10(19)7-13-11(3-5-21-16(13)15)18(25)24-17(20)12-4-6-23(29(2,26)27)9-14(12)22-24/h7-8,11,21H,3-6,9,20H2,1-2H3. The molecular formula is C18H22FN5O4S. The molecule has 4 rings (SSSR count). The van der Waals surface area contributed by atoms with Crippen molar-refractivity contribution in [2.45, 2.75) is 25.3 Å². The fourth-order valence-corrected chi connectivity index (χ4v) is 4.75. The van der Waals surface area contributed by atoms with Gasteiger partial charge in [0.1, 0.15) is 17.4 Å². The Morgan fingerprint density at radius 2 is 2.17 bits per heavy atom. The molecule has 0 saturated carbocycles. The van der Waals surface area contributed by atoms with Crippen LogP contribution in [0, 0.1) is 5.82 Å². The van der Waals surface area contributed by atoms with Crippen LogP contribution in [-0.4, -0.2) is 54.9 Å². The molecule has 0 radical (unpaired) electrons. The molecular weight excluding hydrogens is 401 g/mol. The number of methoxy groups -OCH3 is 1. The van der Waals surface area contributed by atoms with Crippen molar-refractivity contribution in [1.29, 1.82) is 0 Å². The van der Waals surface area contributed by atoms with E-state index in [1.807, 2.05) is 0 Å². The van der Waals surface area contributed by atoms with Gasteiger partial charge in [-0.3, -0.25) is 4.79 Å². The molecule has 1 unspecified atom stereocenters. The van der Waals surface area contributed by atoms with Crippen LogP contribution in [0.2, 0.25) is 0 Å². The number of ether oxygens (including phenoxy) is 1. The quantitative estimate of drug-likeness (QED) is 0.760. The van der Waals surface area contributed by atoms with Crippen LogP contribution in [0.15, 0.2) is 12.1 Å². The topological polar surface area (TPSA) is 120 Å². The number of fused-ring (bicyclic) bond motifs is 2. The number of nitrogens with two attached hydrogens (primary N) is 1.